The van der Waals surface area contributed by atoms with Gasteiger partial charge in [-0.2, -0.15) is 0 Å². The molecule has 10 rings (SSSR count). The van der Waals surface area contributed by atoms with Crippen LogP contribution < -0.4 is 30.6 Å². The van der Waals surface area contributed by atoms with Gasteiger partial charge in [-0.1, -0.05) is 41.1 Å². The third-order valence-electron chi connectivity index (χ3n) is 13.1. The number of ether oxygens (including phenoxy) is 5. The maximum atomic E-state index is 13.6. The molecule has 1 aliphatic carbocycles. The lowest BCUT2D eigenvalue weighted by Crippen LogP contribution is -2.52. The number of carbonyl (C=O) groups is 3. The molecule has 6 heterocycles. The molecule has 72 heavy (non-hydrogen) atoms. The number of benzene rings is 3. The van der Waals surface area contributed by atoms with E-state index in [4.69, 9.17) is 36.5 Å². The van der Waals surface area contributed by atoms with Gasteiger partial charge >= 0.3 is 6.29 Å². The fourth-order valence-electron chi connectivity index (χ4n) is 9.12. The van der Waals surface area contributed by atoms with E-state index in [9.17, 15) is 23.2 Å². The number of nitrogens with one attached hydrogen (secondary N) is 2. The number of amides is 3. The van der Waals surface area contributed by atoms with Gasteiger partial charge in [0.1, 0.15) is 23.1 Å². The Morgan fingerprint density at radius 2 is 1.68 bits per heavy atom. The van der Waals surface area contributed by atoms with Crippen molar-refractivity contribution in [2.24, 2.45) is 0 Å². The molecular formula is C51H51ClF2N10O8. The first kappa shape index (κ1) is 48.4. The molecule has 3 aliphatic heterocycles. The zero-order valence-electron chi connectivity index (χ0n) is 39.2. The lowest BCUT2D eigenvalue weighted by atomic mass is 9.94. The number of anilines is 2. The molecule has 0 spiro atoms. The number of nitrogens with zero attached hydrogens (tertiary/aromatic N) is 7. The van der Waals surface area contributed by atoms with Gasteiger partial charge < -0.3 is 45.0 Å². The van der Waals surface area contributed by atoms with E-state index in [2.05, 4.69) is 40.3 Å². The molecule has 6 aromatic rings. The van der Waals surface area contributed by atoms with Crippen LogP contribution in [0.5, 0.6) is 17.2 Å². The summed E-state index contributed by atoms with van der Waals surface area (Å²) in [6, 6.07) is 22.2. The van der Waals surface area contributed by atoms with E-state index in [1.54, 1.807) is 53.5 Å². The van der Waals surface area contributed by atoms with E-state index in [1.807, 2.05) is 42.2 Å². The highest BCUT2D eigenvalue weighted by molar-refractivity contribution is 6.31. The monoisotopic (exact) mass is 1000 g/mol. The van der Waals surface area contributed by atoms with Gasteiger partial charge in [-0.15, -0.1) is 13.9 Å². The molecule has 3 amide bonds. The summed E-state index contributed by atoms with van der Waals surface area (Å²) in [5.41, 5.74) is 11.1. The molecule has 1 saturated heterocycles. The number of aromatic nitrogens is 5. The van der Waals surface area contributed by atoms with Crippen LogP contribution in [0, 0.1) is 6.92 Å². The number of pyridine rings is 2. The molecule has 2 fully saturated rings. The van der Waals surface area contributed by atoms with Crippen LogP contribution in [0.3, 0.4) is 0 Å². The predicted molar refractivity (Wildman–Crippen MR) is 260 cm³/mol. The van der Waals surface area contributed by atoms with Crippen LogP contribution >= 0.6 is 11.6 Å². The topological polar surface area (TPSA) is 210 Å². The van der Waals surface area contributed by atoms with Crippen LogP contribution in [0.25, 0.3) is 22.4 Å². The smallest absolute Gasteiger partial charge is 0.479 e. The first-order valence-electron chi connectivity index (χ1n) is 23.6. The maximum Gasteiger partial charge on any atom is 0.586 e. The van der Waals surface area contributed by atoms with Gasteiger partial charge in [-0.05, 0) is 91.1 Å². The fraction of sp³-hybridized carbons (Fsp3) is 0.353. The maximum absolute atomic E-state index is 13.6. The lowest BCUT2D eigenvalue weighted by molar-refractivity contribution is -0.286. The molecule has 21 heteroatoms. The number of hydrogen-bond acceptors (Lipinski definition) is 14. The second-order valence-corrected chi connectivity index (χ2v) is 18.5. The summed E-state index contributed by atoms with van der Waals surface area (Å²) < 4.78 is 55.9. The van der Waals surface area contributed by atoms with E-state index in [1.165, 1.54) is 12.1 Å². The highest BCUT2D eigenvalue weighted by Gasteiger charge is 2.53. The van der Waals surface area contributed by atoms with Crippen molar-refractivity contribution in [3.63, 3.8) is 0 Å². The summed E-state index contributed by atoms with van der Waals surface area (Å²) in [6.07, 6.45) is 0.530. The standard InChI is InChI=1S/C51H51ClF2N10O8/c1-31-5-8-44(59-49(67)50(10-11-50)36-6-7-40-41(27-36)72-51(53,54)71-40)58-45(31)33-3-2-4-34(23-33)47(65)57-29-38-30-64(61-60-38)18-20-69-22-21-68-19-17-62-13-15-63(16-14-62)48(66)42-25-35-24-37(52)28-39(46(35)70-42)32-9-12-56-43(55)26-32/h2-9,12,23-24,26-28,30,42H,10-11,13-22,25,29H2,1H3,(H2,55,56)(H,57,65)(H,58,59,67). The number of carbonyl (C=O) groups excluding carboxylic acids is 3. The van der Waals surface area contributed by atoms with Gasteiger partial charge in [0, 0.05) is 72.6 Å². The minimum atomic E-state index is -3.75. The van der Waals surface area contributed by atoms with Crippen LogP contribution in [-0.2, 0) is 44.0 Å². The minimum absolute atomic E-state index is 0.0324. The number of nitrogens with two attached hydrogens (primary N) is 1. The number of rotatable bonds is 18. The molecular weight excluding hydrogens is 954 g/mol. The van der Waals surface area contributed by atoms with Crippen LogP contribution in [-0.4, -0.2) is 124 Å². The average Bonchev–Trinajstić information content (AvgIpc) is 3.70. The Bertz CT molecular complexity index is 3020. The van der Waals surface area contributed by atoms with Crippen molar-refractivity contribution in [3.05, 3.63) is 124 Å². The van der Waals surface area contributed by atoms with Crippen molar-refractivity contribution in [1.82, 2.24) is 40.1 Å². The van der Waals surface area contributed by atoms with Crippen molar-refractivity contribution in [3.8, 4) is 39.6 Å². The van der Waals surface area contributed by atoms with E-state index in [0.717, 1.165) is 41.9 Å². The van der Waals surface area contributed by atoms with Gasteiger partial charge in [-0.25, -0.2) is 14.6 Å². The van der Waals surface area contributed by atoms with Gasteiger partial charge in [-0.3, -0.25) is 19.3 Å². The van der Waals surface area contributed by atoms with Crippen molar-refractivity contribution >= 4 is 41.0 Å². The van der Waals surface area contributed by atoms with Gasteiger partial charge in [0.05, 0.1) is 56.8 Å². The Balaban J connectivity index is 0.610. The van der Waals surface area contributed by atoms with Crippen LogP contribution in [0.1, 0.15) is 45.6 Å². The number of halogens is 3. The lowest BCUT2D eigenvalue weighted by Gasteiger charge is -2.35. The Morgan fingerprint density at radius 1 is 0.889 bits per heavy atom. The Kier molecular flexibility index (Phi) is 13.7. The normalized spacial score (nSPS) is 17.3. The first-order chi connectivity index (χ1) is 34.8. The Labute approximate surface area is 417 Å². The molecule has 18 nitrogen and oxygen atoms in total. The molecule has 3 aromatic carbocycles. The number of alkyl halides is 2. The summed E-state index contributed by atoms with van der Waals surface area (Å²) in [5, 5.41) is 14.7. The van der Waals surface area contributed by atoms with Gasteiger partial charge in [0.2, 0.25) is 5.91 Å². The highest BCUT2D eigenvalue weighted by Crippen LogP contribution is 2.52. The predicted octanol–water partition coefficient (Wildman–Crippen LogP) is 6.05. The Hall–Kier alpha value is -7.26. The summed E-state index contributed by atoms with van der Waals surface area (Å²) in [7, 11) is 0. The molecule has 0 bridgehead atoms. The fourth-order valence-corrected chi connectivity index (χ4v) is 9.36. The second kappa shape index (κ2) is 20.5. The van der Waals surface area contributed by atoms with Gasteiger partial charge in [0.15, 0.2) is 17.6 Å². The quantitative estimate of drug-likeness (QED) is 0.0838. The second-order valence-electron chi connectivity index (χ2n) is 18.1. The molecule has 1 atom stereocenters. The van der Waals surface area contributed by atoms with E-state index in [-0.39, 0.29) is 35.8 Å². The van der Waals surface area contributed by atoms with Crippen molar-refractivity contribution in [1.29, 1.82) is 0 Å². The number of aryl methyl sites for hydroxylation is 1. The van der Waals surface area contributed by atoms with E-state index < -0.39 is 17.8 Å². The number of nitrogen functional groups attached to an aromatic ring is 1. The molecule has 374 valence electrons. The van der Waals surface area contributed by atoms with Gasteiger partial charge in [0.25, 0.3) is 11.8 Å². The summed E-state index contributed by atoms with van der Waals surface area (Å²) in [5.74, 6) is 0.489. The van der Waals surface area contributed by atoms with Crippen molar-refractivity contribution < 1.29 is 46.8 Å². The van der Waals surface area contributed by atoms with Crippen LogP contribution in [0.15, 0.2) is 91.3 Å². The molecule has 3 aromatic heterocycles. The molecule has 4 N–H and O–H groups in total. The molecule has 1 saturated carbocycles. The minimum Gasteiger partial charge on any atom is -0.479 e. The third kappa shape index (κ3) is 10.8. The first-order valence-corrected chi connectivity index (χ1v) is 24.0. The number of fused-ring (bicyclic) bond motifs is 2. The number of piperazine rings is 1. The number of hydrogen-bond donors (Lipinski definition) is 3. The third-order valence-corrected chi connectivity index (χ3v) is 13.3. The zero-order valence-corrected chi connectivity index (χ0v) is 40.0. The summed E-state index contributed by atoms with van der Waals surface area (Å²) in [6.45, 7) is 7.69. The average molecular weight is 1010 g/mol. The van der Waals surface area contributed by atoms with Crippen LogP contribution in [0.4, 0.5) is 20.4 Å². The molecule has 4 aliphatic rings. The summed E-state index contributed by atoms with van der Waals surface area (Å²) >= 11 is 6.45. The molecule has 0 radical (unpaired) electrons. The molecule has 1 unspecified atom stereocenters. The van der Waals surface area contributed by atoms with E-state index in [0.29, 0.717) is 116 Å². The summed E-state index contributed by atoms with van der Waals surface area (Å²) in [4.78, 5) is 53.3. The SMILES string of the molecule is Cc1ccc(NC(=O)C2(c3ccc4c(c3)OC(F)(F)O4)CC2)nc1-c1cccc(C(=O)NCc2cn(CCOCCOCCN3CCN(C(=O)C4Cc5cc(Cl)cc(-c6ccnc(N)c6)c5O4)CC3)nn2)c1. The van der Waals surface area contributed by atoms with E-state index >= 15 is 0 Å². The van der Waals surface area contributed by atoms with Crippen molar-refractivity contribution in [2.45, 2.75) is 57.1 Å². The van der Waals surface area contributed by atoms with Crippen LogP contribution in [0.2, 0.25) is 5.02 Å². The highest BCUT2D eigenvalue weighted by atomic mass is 35.5. The Morgan fingerprint density at radius 3 is 2.47 bits per heavy atom. The van der Waals surface area contributed by atoms with Crippen molar-refractivity contribution in [2.75, 3.05) is 70.2 Å². The largest absolute Gasteiger partial charge is 0.586 e. The zero-order chi connectivity index (χ0) is 50.0.